The first-order valence-electron chi connectivity index (χ1n) is 6.19. The van der Waals surface area contributed by atoms with Crippen LogP contribution >= 0.6 is 0 Å². The molecule has 1 fully saturated rings. The Morgan fingerprint density at radius 2 is 2.24 bits per heavy atom. The van der Waals surface area contributed by atoms with Crippen molar-refractivity contribution < 1.29 is 4.74 Å². The van der Waals surface area contributed by atoms with Gasteiger partial charge < -0.3 is 10.1 Å². The fourth-order valence-corrected chi connectivity index (χ4v) is 2.07. The van der Waals surface area contributed by atoms with E-state index in [9.17, 15) is 0 Å². The molecule has 0 unspecified atom stereocenters. The van der Waals surface area contributed by atoms with Gasteiger partial charge >= 0.3 is 0 Å². The van der Waals surface area contributed by atoms with Crippen molar-refractivity contribution in [1.82, 2.24) is 20.2 Å². The number of nitrogens with zero attached hydrogens (tertiary/aromatic N) is 3. The largest absolute Gasteiger partial charge is 0.476 e. The average Bonchev–Trinajstić information content (AvgIpc) is 2.85. The van der Waals surface area contributed by atoms with Crippen molar-refractivity contribution in [2.24, 2.45) is 0 Å². The monoisotopic (exact) mass is 236 g/mol. The Labute approximate surface area is 102 Å². The van der Waals surface area contributed by atoms with E-state index in [1.54, 1.807) is 6.20 Å². The number of hydrogen-bond acceptors (Lipinski definition) is 5. The van der Waals surface area contributed by atoms with Crippen molar-refractivity contribution >= 4 is 0 Å². The van der Waals surface area contributed by atoms with E-state index in [1.165, 1.54) is 32.3 Å². The fraction of sp³-hybridized carbons (Fsp3) is 0.667. The van der Waals surface area contributed by atoms with Gasteiger partial charge in [-0.1, -0.05) is 0 Å². The quantitative estimate of drug-likeness (QED) is 0.787. The molecule has 1 N–H and O–H groups in total. The van der Waals surface area contributed by atoms with Gasteiger partial charge in [-0.25, -0.2) is 9.97 Å². The third-order valence-corrected chi connectivity index (χ3v) is 2.96. The molecule has 1 aromatic heterocycles. The molecule has 5 nitrogen and oxygen atoms in total. The van der Waals surface area contributed by atoms with E-state index in [4.69, 9.17) is 4.74 Å². The van der Waals surface area contributed by atoms with Gasteiger partial charge in [0, 0.05) is 24.8 Å². The molecular weight excluding hydrogens is 216 g/mol. The molecule has 1 aliphatic heterocycles. The van der Waals surface area contributed by atoms with Crippen LogP contribution in [0.1, 0.15) is 18.4 Å². The predicted molar refractivity (Wildman–Crippen MR) is 66.0 cm³/mol. The number of rotatable bonds is 6. The lowest BCUT2D eigenvalue weighted by atomic mass is 10.3. The van der Waals surface area contributed by atoms with Crippen molar-refractivity contribution in [1.29, 1.82) is 0 Å². The Hall–Kier alpha value is -1.20. The van der Waals surface area contributed by atoms with E-state index in [0.717, 1.165) is 18.7 Å². The minimum absolute atomic E-state index is 0.702. The maximum Gasteiger partial charge on any atom is 0.220 e. The summed E-state index contributed by atoms with van der Waals surface area (Å²) >= 11 is 0. The Morgan fingerprint density at radius 3 is 3.00 bits per heavy atom. The normalized spacial score (nSPS) is 16.3. The molecule has 94 valence electrons. The molecule has 5 heteroatoms. The molecule has 0 atom stereocenters. The maximum absolute atomic E-state index is 5.72. The van der Waals surface area contributed by atoms with Crippen molar-refractivity contribution in [3.63, 3.8) is 0 Å². The number of hydrogen-bond donors (Lipinski definition) is 1. The molecule has 1 saturated heterocycles. The minimum Gasteiger partial charge on any atom is -0.476 e. The summed E-state index contributed by atoms with van der Waals surface area (Å²) in [7, 11) is 1.90. The summed E-state index contributed by atoms with van der Waals surface area (Å²) in [6.07, 6.45) is 5.97. The van der Waals surface area contributed by atoms with Crippen molar-refractivity contribution in [2.75, 3.05) is 33.3 Å². The summed E-state index contributed by atoms with van der Waals surface area (Å²) in [4.78, 5) is 10.6. The minimum atomic E-state index is 0.702. The van der Waals surface area contributed by atoms with Crippen LogP contribution in [0.4, 0.5) is 0 Å². The summed E-state index contributed by atoms with van der Waals surface area (Å²) in [6, 6.07) is 0. The molecular formula is C12H20N4O. The number of nitrogens with one attached hydrogen (secondary N) is 1. The van der Waals surface area contributed by atoms with Crippen LogP contribution in [0.15, 0.2) is 12.5 Å². The zero-order chi connectivity index (χ0) is 11.9. The Kier molecular flexibility index (Phi) is 4.70. The Bertz CT molecular complexity index is 339. The van der Waals surface area contributed by atoms with Gasteiger partial charge in [-0.2, -0.15) is 0 Å². The van der Waals surface area contributed by atoms with Gasteiger partial charge in [-0.15, -0.1) is 0 Å². The summed E-state index contributed by atoms with van der Waals surface area (Å²) in [5, 5.41) is 3.09. The zero-order valence-corrected chi connectivity index (χ0v) is 10.4. The highest BCUT2D eigenvalue weighted by Gasteiger charge is 2.11. The van der Waals surface area contributed by atoms with Gasteiger partial charge in [0.15, 0.2) is 0 Å². The Balaban J connectivity index is 1.80. The average molecular weight is 236 g/mol. The summed E-state index contributed by atoms with van der Waals surface area (Å²) in [6.45, 7) is 4.84. The second-order valence-electron chi connectivity index (χ2n) is 4.28. The van der Waals surface area contributed by atoms with Gasteiger partial charge in [-0.05, 0) is 33.0 Å². The maximum atomic E-state index is 5.72. The first kappa shape index (κ1) is 12.3. The second-order valence-corrected chi connectivity index (χ2v) is 4.28. The molecule has 1 aliphatic rings. The number of ether oxygens (including phenoxy) is 1. The summed E-state index contributed by atoms with van der Waals surface area (Å²) in [5.41, 5.74) is 1.01. The van der Waals surface area contributed by atoms with Crippen molar-refractivity contribution in [3.8, 4) is 5.88 Å². The van der Waals surface area contributed by atoms with Crippen LogP contribution in [0.5, 0.6) is 5.88 Å². The SMILES string of the molecule is CNCc1cncnc1OCCN1CCCC1. The lowest BCUT2D eigenvalue weighted by molar-refractivity contribution is 0.230. The lowest BCUT2D eigenvalue weighted by Crippen LogP contribution is -2.25. The fourth-order valence-electron chi connectivity index (χ4n) is 2.07. The van der Waals surface area contributed by atoms with E-state index in [0.29, 0.717) is 12.5 Å². The highest BCUT2D eigenvalue weighted by Crippen LogP contribution is 2.13. The summed E-state index contributed by atoms with van der Waals surface area (Å²) < 4.78 is 5.72. The van der Waals surface area contributed by atoms with Gasteiger partial charge in [0.2, 0.25) is 5.88 Å². The highest BCUT2D eigenvalue weighted by atomic mass is 16.5. The highest BCUT2D eigenvalue weighted by molar-refractivity contribution is 5.21. The molecule has 2 rings (SSSR count). The smallest absolute Gasteiger partial charge is 0.220 e. The van der Waals surface area contributed by atoms with Crippen LogP contribution in [-0.2, 0) is 6.54 Å². The van der Waals surface area contributed by atoms with Crippen molar-refractivity contribution in [3.05, 3.63) is 18.1 Å². The molecule has 0 aromatic carbocycles. The molecule has 0 radical (unpaired) electrons. The molecule has 0 saturated carbocycles. The molecule has 0 bridgehead atoms. The molecule has 1 aromatic rings. The lowest BCUT2D eigenvalue weighted by Gasteiger charge is -2.15. The van der Waals surface area contributed by atoms with Gasteiger partial charge in [0.25, 0.3) is 0 Å². The summed E-state index contributed by atoms with van der Waals surface area (Å²) in [5.74, 6) is 0.702. The van der Waals surface area contributed by atoms with Crippen molar-refractivity contribution in [2.45, 2.75) is 19.4 Å². The van der Waals surface area contributed by atoms with Crippen LogP contribution in [0, 0.1) is 0 Å². The van der Waals surface area contributed by atoms with E-state index in [2.05, 4.69) is 20.2 Å². The first-order chi connectivity index (χ1) is 8.40. The third-order valence-electron chi connectivity index (χ3n) is 2.96. The molecule has 0 amide bonds. The Morgan fingerprint density at radius 1 is 1.41 bits per heavy atom. The van der Waals surface area contributed by atoms with Gasteiger partial charge in [0.1, 0.15) is 12.9 Å². The number of aromatic nitrogens is 2. The molecule has 17 heavy (non-hydrogen) atoms. The van der Waals surface area contributed by atoms with Crippen LogP contribution in [0.3, 0.4) is 0 Å². The standard InChI is InChI=1S/C12H20N4O/c1-13-8-11-9-14-10-15-12(11)17-7-6-16-4-2-3-5-16/h9-10,13H,2-8H2,1H3. The topological polar surface area (TPSA) is 50.3 Å². The number of likely N-dealkylation sites (tertiary alicyclic amines) is 1. The van der Waals surface area contributed by atoms with E-state index in [-0.39, 0.29) is 0 Å². The van der Waals surface area contributed by atoms with Gasteiger partial charge in [0.05, 0.1) is 0 Å². The first-order valence-corrected chi connectivity index (χ1v) is 6.19. The van der Waals surface area contributed by atoms with Crippen LogP contribution in [0.25, 0.3) is 0 Å². The zero-order valence-electron chi connectivity index (χ0n) is 10.4. The van der Waals surface area contributed by atoms with E-state index < -0.39 is 0 Å². The molecule has 2 heterocycles. The molecule has 0 spiro atoms. The predicted octanol–water partition coefficient (Wildman–Crippen LogP) is 0.671. The molecule has 0 aliphatic carbocycles. The second kappa shape index (κ2) is 6.51. The van der Waals surface area contributed by atoms with E-state index in [1.807, 2.05) is 7.05 Å². The van der Waals surface area contributed by atoms with Crippen LogP contribution < -0.4 is 10.1 Å². The third kappa shape index (κ3) is 3.64. The van der Waals surface area contributed by atoms with E-state index >= 15 is 0 Å². The van der Waals surface area contributed by atoms with Gasteiger partial charge in [-0.3, -0.25) is 4.90 Å². The van der Waals surface area contributed by atoms with Crippen LogP contribution in [-0.4, -0.2) is 48.2 Å². The van der Waals surface area contributed by atoms with Crippen LogP contribution in [0.2, 0.25) is 0 Å².